The van der Waals surface area contributed by atoms with Crippen LogP contribution in [0.2, 0.25) is 0 Å². The molecule has 0 radical (unpaired) electrons. The van der Waals surface area contributed by atoms with Gasteiger partial charge in [-0.05, 0) is 48.8 Å². The summed E-state index contributed by atoms with van der Waals surface area (Å²) in [6, 6.07) is 2.19. The molecular formula is C11H18ClNS. The van der Waals surface area contributed by atoms with Crippen LogP contribution >= 0.6 is 22.9 Å². The van der Waals surface area contributed by atoms with E-state index in [0.29, 0.717) is 0 Å². The molecule has 1 rings (SSSR count). The monoisotopic (exact) mass is 231 g/mol. The lowest BCUT2D eigenvalue weighted by molar-refractivity contribution is 0.318. The highest BCUT2D eigenvalue weighted by molar-refractivity contribution is 7.07. The Hall–Kier alpha value is -0.0500. The second-order valence-electron chi connectivity index (χ2n) is 3.62. The number of rotatable bonds is 7. The summed E-state index contributed by atoms with van der Waals surface area (Å²) in [6.45, 7) is 2.25. The maximum Gasteiger partial charge on any atom is 0.0238 e. The first kappa shape index (κ1) is 12.0. The molecule has 0 N–H and O–H groups in total. The van der Waals surface area contributed by atoms with Gasteiger partial charge in [0.05, 0.1) is 0 Å². The summed E-state index contributed by atoms with van der Waals surface area (Å²) in [5.74, 6) is 0.800. The van der Waals surface area contributed by atoms with Crippen molar-refractivity contribution in [2.75, 3.05) is 19.5 Å². The van der Waals surface area contributed by atoms with Gasteiger partial charge in [-0.1, -0.05) is 6.42 Å². The minimum absolute atomic E-state index is 0.800. The fourth-order valence-electron chi connectivity index (χ4n) is 1.43. The first-order valence-corrected chi connectivity index (χ1v) is 6.56. The largest absolute Gasteiger partial charge is 0.302 e. The Labute approximate surface area is 95.7 Å². The number of unbranched alkanes of at least 4 members (excludes halogenated alkanes) is 2. The third-order valence-corrected chi connectivity index (χ3v) is 3.21. The quantitative estimate of drug-likeness (QED) is 0.512. The zero-order valence-electron chi connectivity index (χ0n) is 8.71. The summed E-state index contributed by atoms with van der Waals surface area (Å²) in [6.07, 6.45) is 3.65. The number of nitrogens with zero attached hydrogens (tertiary/aromatic N) is 1. The maximum absolute atomic E-state index is 5.62. The predicted molar refractivity (Wildman–Crippen MR) is 65.2 cm³/mol. The van der Waals surface area contributed by atoms with E-state index < -0.39 is 0 Å². The van der Waals surface area contributed by atoms with Crippen molar-refractivity contribution < 1.29 is 0 Å². The van der Waals surface area contributed by atoms with E-state index in [1.54, 1.807) is 11.3 Å². The predicted octanol–water partition coefficient (Wildman–Crippen LogP) is 3.59. The molecule has 0 amide bonds. The molecular weight excluding hydrogens is 214 g/mol. The van der Waals surface area contributed by atoms with Gasteiger partial charge in [0.2, 0.25) is 0 Å². The topological polar surface area (TPSA) is 3.24 Å². The lowest BCUT2D eigenvalue weighted by Crippen LogP contribution is -2.18. The summed E-state index contributed by atoms with van der Waals surface area (Å²) in [7, 11) is 2.18. The summed E-state index contributed by atoms with van der Waals surface area (Å²) in [5, 5.41) is 4.35. The van der Waals surface area contributed by atoms with Gasteiger partial charge in [-0.3, -0.25) is 0 Å². The van der Waals surface area contributed by atoms with Gasteiger partial charge in [-0.15, -0.1) is 11.6 Å². The Morgan fingerprint density at radius 2 is 2.21 bits per heavy atom. The lowest BCUT2D eigenvalue weighted by Gasteiger charge is -2.15. The summed E-state index contributed by atoms with van der Waals surface area (Å²) in [4.78, 5) is 2.37. The molecule has 1 heterocycles. The van der Waals surface area contributed by atoms with Gasteiger partial charge in [0, 0.05) is 12.4 Å². The number of halogens is 1. The van der Waals surface area contributed by atoms with Crippen LogP contribution in [0.25, 0.3) is 0 Å². The van der Waals surface area contributed by atoms with Gasteiger partial charge < -0.3 is 4.90 Å². The second-order valence-corrected chi connectivity index (χ2v) is 4.78. The fourth-order valence-corrected chi connectivity index (χ4v) is 2.28. The Kier molecular flexibility index (Phi) is 6.24. The maximum atomic E-state index is 5.62. The van der Waals surface area contributed by atoms with Crippen molar-refractivity contribution in [3.8, 4) is 0 Å². The zero-order valence-corrected chi connectivity index (χ0v) is 10.3. The van der Waals surface area contributed by atoms with E-state index in [1.165, 1.54) is 24.9 Å². The fraction of sp³-hybridized carbons (Fsp3) is 0.636. The third-order valence-electron chi connectivity index (χ3n) is 2.21. The number of hydrogen-bond donors (Lipinski definition) is 0. The molecule has 0 fully saturated rings. The molecule has 0 unspecified atom stereocenters. The lowest BCUT2D eigenvalue weighted by atomic mass is 10.2. The Bertz CT molecular complexity index is 223. The van der Waals surface area contributed by atoms with Crippen molar-refractivity contribution in [1.82, 2.24) is 4.90 Å². The molecule has 0 aliphatic carbocycles. The minimum atomic E-state index is 0.800. The van der Waals surface area contributed by atoms with E-state index in [-0.39, 0.29) is 0 Å². The number of thiophene rings is 1. The Balaban J connectivity index is 2.07. The van der Waals surface area contributed by atoms with Crippen molar-refractivity contribution >= 4 is 22.9 Å². The normalized spacial score (nSPS) is 11.1. The highest BCUT2D eigenvalue weighted by Crippen LogP contribution is 2.09. The highest BCUT2D eigenvalue weighted by Gasteiger charge is 1.99. The molecule has 0 aliphatic rings. The minimum Gasteiger partial charge on any atom is -0.302 e. The smallest absolute Gasteiger partial charge is 0.0238 e. The molecule has 0 atom stereocenters. The van der Waals surface area contributed by atoms with Crippen LogP contribution in [0.3, 0.4) is 0 Å². The van der Waals surface area contributed by atoms with Crippen LogP contribution in [-0.2, 0) is 6.54 Å². The molecule has 0 spiro atoms. The molecule has 1 aromatic heterocycles. The molecule has 0 aliphatic heterocycles. The molecule has 0 bridgehead atoms. The van der Waals surface area contributed by atoms with Crippen molar-refractivity contribution in [3.63, 3.8) is 0 Å². The van der Waals surface area contributed by atoms with E-state index in [1.807, 2.05) is 0 Å². The average Bonchev–Trinajstić information content (AvgIpc) is 2.65. The van der Waals surface area contributed by atoms with Gasteiger partial charge in [0.1, 0.15) is 0 Å². The van der Waals surface area contributed by atoms with Crippen LogP contribution in [0, 0.1) is 0 Å². The molecule has 0 saturated heterocycles. The van der Waals surface area contributed by atoms with Crippen LogP contribution in [0.4, 0.5) is 0 Å². The first-order valence-electron chi connectivity index (χ1n) is 5.08. The SMILES string of the molecule is CN(CCCCCCl)Cc1ccsc1. The standard InChI is InChI=1S/C11H18ClNS/c1-13(7-4-2-3-6-12)9-11-5-8-14-10-11/h5,8,10H,2-4,6-7,9H2,1H3. The summed E-state index contributed by atoms with van der Waals surface area (Å²) < 4.78 is 0. The molecule has 0 saturated carbocycles. The molecule has 0 aromatic carbocycles. The first-order chi connectivity index (χ1) is 6.83. The molecule has 1 nitrogen and oxygen atoms in total. The van der Waals surface area contributed by atoms with Crippen LogP contribution in [0.1, 0.15) is 24.8 Å². The van der Waals surface area contributed by atoms with Crippen molar-refractivity contribution in [2.24, 2.45) is 0 Å². The number of hydrogen-bond acceptors (Lipinski definition) is 2. The average molecular weight is 232 g/mol. The van der Waals surface area contributed by atoms with E-state index in [0.717, 1.165) is 18.8 Å². The van der Waals surface area contributed by atoms with Gasteiger partial charge in [-0.25, -0.2) is 0 Å². The second kappa shape index (κ2) is 7.27. The van der Waals surface area contributed by atoms with Crippen LogP contribution < -0.4 is 0 Å². The van der Waals surface area contributed by atoms with Gasteiger partial charge in [-0.2, -0.15) is 11.3 Å². The van der Waals surface area contributed by atoms with Gasteiger partial charge in [0.15, 0.2) is 0 Å². The van der Waals surface area contributed by atoms with Crippen LogP contribution in [0.5, 0.6) is 0 Å². The molecule has 3 heteroatoms. The van der Waals surface area contributed by atoms with E-state index in [9.17, 15) is 0 Å². The Morgan fingerprint density at radius 3 is 2.86 bits per heavy atom. The third kappa shape index (κ3) is 4.99. The molecule has 14 heavy (non-hydrogen) atoms. The Morgan fingerprint density at radius 1 is 1.36 bits per heavy atom. The number of alkyl halides is 1. The van der Waals surface area contributed by atoms with Gasteiger partial charge in [0.25, 0.3) is 0 Å². The summed E-state index contributed by atoms with van der Waals surface area (Å²) >= 11 is 7.39. The van der Waals surface area contributed by atoms with E-state index in [2.05, 4.69) is 28.8 Å². The van der Waals surface area contributed by atoms with E-state index >= 15 is 0 Å². The summed E-state index contributed by atoms with van der Waals surface area (Å²) in [5.41, 5.74) is 1.43. The molecule has 80 valence electrons. The van der Waals surface area contributed by atoms with Crippen molar-refractivity contribution in [1.29, 1.82) is 0 Å². The van der Waals surface area contributed by atoms with Crippen LogP contribution in [0.15, 0.2) is 16.8 Å². The van der Waals surface area contributed by atoms with Crippen molar-refractivity contribution in [3.05, 3.63) is 22.4 Å². The van der Waals surface area contributed by atoms with Crippen molar-refractivity contribution in [2.45, 2.75) is 25.8 Å². The molecule has 1 aromatic rings. The zero-order chi connectivity index (χ0) is 10.2. The van der Waals surface area contributed by atoms with Crippen LogP contribution in [-0.4, -0.2) is 24.4 Å². The van der Waals surface area contributed by atoms with E-state index in [4.69, 9.17) is 11.6 Å². The highest BCUT2D eigenvalue weighted by atomic mass is 35.5. The van der Waals surface area contributed by atoms with Gasteiger partial charge >= 0.3 is 0 Å².